The maximum absolute atomic E-state index is 12.7. The lowest BCUT2D eigenvalue weighted by molar-refractivity contribution is -0.161. The first-order valence-corrected chi connectivity index (χ1v) is 26.8. The minimum Gasteiger partial charge on any atom is -0.480 e. The molecule has 0 aromatic heterocycles. The molecule has 0 spiro atoms. The van der Waals surface area contributed by atoms with Gasteiger partial charge in [-0.1, -0.05) is 209 Å². The molecule has 0 rings (SSSR count). The third-order valence-electron chi connectivity index (χ3n) is 10.8. The number of hydrogen-bond donors (Lipinski definition) is 3. The van der Waals surface area contributed by atoms with Gasteiger partial charge in [0, 0.05) is 12.8 Å². The molecule has 3 atom stereocenters. The molecule has 0 saturated heterocycles. The van der Waals surface area contributed by atoms with Crippen LogP contribution >= 0.6 is 7.82 Å². The molecule has 0 bridgehead atoms. The lowest BCUT2D eigenvalue weighted by Crippen LogP contribution is -2.34. The van der Waals surface area contributed by atoms with Crippen molar-refractivity contribution in [3.8, 4) is 0 Å². The van der Waals surface area contributed by atoms with Gasteiger partial charge >= 0.3 is 25.7 Å². The smallest absolute Gasteiger partial charge is 0.472 e. The zero-order valence-corrected chi connectivity index (χ0v) is 41.3. The van der Waals surface area contributed by atoms with Crippen LogP contribution < -0.4 is 5.73 Å². The van der Waals surface area contributed by atoms with Crippen LogP contribution in [-0.2, 0) is 37.5 Å². The number of rotatable bonds is 47. The van der Waals surface area contributed by atoms with E-state index in [9.17, 15) is 23.8 Å². The summed E-state index contributed by atoms with van der Waals surface area (Å²) >= 11 is 0. The summed E-state index contributed by atoms with van der Waals surface area (Å²) in [5.41, 5.74) is 5.35. The Labute approximate surface area is 389 Å². The summed E-state index contributed by atoms with van der Waals surface area (Å²) in [5.74, 6) is -2.41. The molecule has 0 aromatic carbocycles. The Hall–Kier alpha value is -2.82. The molecular formula is C52H92NO10P. The Morgan fingerprint density at radius 1 is 0.500 bits per heavy atom. The van der Waals surface area contributed by atoms with E-state index < -0.39 is 51.1 Å². The predicted octanol–water partition coefficient (Wildman–Crippen LogP) is 14.3. The van der Waals surface area contributed by atoms with E-state index in [4.69, 9.17) is 24.8 Å². The topological polar surface area (TPSA) is 172 Å². The molecule has 0 heterocycles. The van der Waals surface area contributed by atoms with Crippen molar-refractivity contribution in [1.82, 2.24) is 0 Å². The van der Waals surface area contributed by atoms with Gasteiger partial charge in [0.2, 0.25) is 0 Å². The number of nitrogens with two attached hydrogens (primary N) is 1. The van der Waals surface area contributed by atoms with Gasteiger partial charge in [-0.05, 0) is 57.8 Å². The molecule has 0 amide bonds. The van der Waals surface area contributed by atoms with Crippen LogP contribution in [0.5, 0.6) is 0 Å². The summed E-state index contributed by atoms with van der Waals surface area (Å²) in [6.07, 6.45) is 55.7. The normalized spacial score (nSPS) is 14.1. The number of carboxylic acid groups (broad SMARTS) is 1. The van der Waals surface area contributed by atoms with Crippen LogP contribution in [-0.4, -0.2) is 59.9 Å². The van der Waals surface area contributed by atoms with E-state index in [1.807, 2.05) is 0 Å². The van der Waals surface area contributed by atoms with E-state index in [1.54, 1.807) is 0 Å². The summed E-state index contributed by atoms with van der Waals surface area (Å²) in [6.45, 7) is 2.69. The highest BCUT2D eigenvalue weighted by atomic mass is 31.2. The molecule has 0 fully saturated rings. The molecule has 11 nitrogen and oxygen atoms in total. The van der Waals surface area contributed by atoms with Gasteiger partial charge < -0.3 is 25.2 Å². The second-order valence-electron chi connectivity index (χ2n) is 16.9. The second-order valence-corrected chi connectivity index (χ2v) is 18.4. The molecule has 0 aromatic rings. The van der Waals surface area contributed by atoms with Crippen molar-refractivity contribution in [2.75, 3.05) is 19.8 Å². The summed E-state index contributed by atoms with van der Waals surface area (Å²) in [6, 6.07) is -1.53. The Bertz CT molecular complexity index is 1310. The van der Waals surface area contributed by atoms with E-state index >= 15 is 0 Å². The van der Waals surface area contributed by atoms with Crippen molar-refractivity contribution in [2.24, 2.45) is 5.73 Å². The van der Waals surface area contributed by atoms with E-state index in [-0.39, 0.29) is 19.4 Å². The molecule has 64 heavy (non-hydrogen) atoms. The van der Waals surface area contributed by atoms with Crippen molar-refractivity contribution in [2.45, 2.75) is 231 Å². The number of carbonyl (C=O) groups is 3. The van der Waals surface area contributed by atoms with Crippen LogP contribution in [0, 0.1) is 0 Å². The van der Waals surface area contributed by atoms with Gasteiger partial charge in [-0.3, -0.25) is 23.4 Å². The fourth-order valence-corrected chi connectivity index (χ4v) is 7.64. The Morgan fingerprint density at radius 2 is 0.875 bits per heavy atom. The largest absolute Gasteiger partial charge is 0.480 e. The zero-order valence-electron chi connectivity index (χ0n) is 40.4. The average molecular weight is 922 g/mol. The van der Waals surface area contributed by atoms with Crippen LogP contribution in [0.2, 0.25) is 0 Å². The first-order chi connectivity index (χ1) is 31.1. The van der Waals surface area contributed by atoms with Crippen LogP contribution in [0.4, 0.5) is 0 Å². The minimum atomic E-state index is -4.73. The van der Waals surface area contributed by atoms with Gasteiger partial charge in [0.25, 0.3) is 0 Å². The molecule has 0 aliphatic carbocycles. The molecule has 370 valence electrons. The van der Waals surface area contributed by atoms with E-state index in [1.165, 1.54) is 109 Å². The molecule has 0 aliphatic rings. The maximum Gasteiger partial charge on any atom is 0.472 e. The SMILES string of the molecule is CC/C=C/C/C=C/C/C=C/C/C=C/C/C=C/CCCCCC(=O)OC[C@H](COP(=O)(O)OC[C@H](N)C(=O)O)OC(=O)CCCCCCCCCCCCCCCCCCCCCCC. The quantitative estimate of drug-likeness (QED) is 0.0230. The number of allylic oxidation sites excluding steroid dienone is 10. The summed E-state index contributed by atoms with van der Waals surface area (Å²) < 4.78 is 32.8. The highest BCUT2D eigenvalue weighted by Gasteiger charge is 2.28. The van der Waals surface area contributed by atoms with Crippen LogP contribution in [0.25, 0.3) is 0 Å². The van der Waals surface area contributed by atoms with Crippen molar-refractivity contribution in [3.63, 3.8) is 0 Å². The number of phosphoric ester groups is 1. The van der Waals surface area contributed by atoms with Crippen LogP contribution in [0.15, 0.2) is 60.8 Å². The maximum atomic E-state index is 12.7. The fraction of sp³-hybridized carbons (Fsp3) is 0.750. The van der Waals surface area contributed by atoms with Gasteiger partial charge in [0.15, 0.2) is 6.10 Å². The number of phosphoric acid groups is 1. The summed E-state index contributed by atoms with van der Waals surface area (Å²) in [5, 5.41) is 8.92. The van der Waals surface area contributed by atoms with Crippen molar-refractivity contribution in [1.29, 1.82) is 0 Å². The third kappa shape index (κ3) is 45.7. The number of carboxylic acids is 1. The number of hydrogen-bond acceptors (Lipinski definition) is 9. The first-order valence-electron chi connectivity index (χ1n) is 25.3. The van der Waals surface area contributed by atoms with Crippen LogP contribution in [0.1, 0.15) is 219 Å². The van der Waals surface area contributed by atoms with Gasteiger partial charge in [-0.2, -0.15) is 0 Å². The standard InChI is InChI=1S/C52H92NO10P/c1-3-5-7-9-11-13-15-17-19-21-23-24-26-28-30-32-34-36-38-40-42-44-51(55)63-48(46-61-64(58,59)62-47-49(53)52(56)57)45-60-50(54)43-41-39-37-35-33-31-29-27-25-22-20-18-16-14-12-10-8-6-4-2/h6,8,12,14,18,20,25,27,31,33,48-49H,3-5,7,9-11,13,15-17,19,21-24,26,28-30,32,34-47,53H2,1-2H3,(H,56,57)(H,58,59)/b8-6+,14-12+,20-18+,27-25+,33-31+/t48-,49+/m1/s1. The molecule has 12 heteroatoms. The van der Waals surface area contributed by atoms with Gasteiger partial charge in [0.1, 0.15) is 12.6 Å². The third-order valence-corrected chi connectivity index (χ3v) is 11.7. The van der Waals surface area contributed by atoms with Gasteiger partial charge in [0.05, 0.1) is 13.2 Å². The van der Waals surface area contributed by atoms with Crippen LogP contribution in [0.3, 0.4) is 0 Å². The summed E-state index contributed by atoms with van der Waals surface area (Å²) in [7, 11) is -4.73. The number of aliphatic carboxylic acids is 1. The summed E-state index contributed by atoms with van der Waals surface area (Å²) in [4.78, 5) is 46.2. The molecule has 1 unspecified atom stereocenters. The van der Waals surface area contributed by atoms with Crippen molar-refractivity contribution in [3.05, 3.63) is 60.8 Å². The minimum absolute atomic E-state index is 0.155. The molecule has 0 aliphatic heterocycles. The van der Waals surface area contributed by atoms with Crippen molar-refractivity contribution < 1.29 is 47.5 Å². The number of carbonyl (C=O) groups excluding carboxylic acids is 2. The molecule has 0 saturated carbocycles. The zero-order chi connectivity index (χ0) is 47.0. The monoisotopic (exact) mass is 922 g/mol. The molecule has 4 N–H and O–H groups in total. The number of esters is 2. The van der Waals surface area contributed by atoms with E-state index in [0.717, 1.165) is 70.6 Å². The van der Waals surface area contributed by atoms with E-state index in [2.05, 4.69) is 79.1 Å². The van der Waals surface area contributed by atoms with E-state index in [0.29, 0.717) is 12.8 Å². The average Bonchev–Trinajstić information content (AvgIpc) is 3.27. The first kappa shape index (κ1) is 61.2. The lowest BCUT2D eigenvalue weighted by atomic mass is 10.0. The highest BCUT2D eigenvalue weighted by Crippen LogP contribution is 2.43. The van der Waals surface area contributed by atoms with Crippen molar-refractivity contribution >= 4 is 25.7 Å². The van der Waals surface area contributed by atoms with Gasteiger partial charge in [-0.15, -0.1) is 0 Å². The Balaban J connectivity index is 4.30. The Morgan fingerprint density at radius 3 is 1.31 bits per heavy atom. The Kier molecular flexibility index (Phi) is 44.6. The lowest BCUT2D eigenvalue weighted by Gasteiger charge is -2.20. The second kappa shape index (κ2) is 46.7. The molecular weight excluding hydrogens is 830 g/mol. The number of unbranched alkanes of at least 4 members (excludes halogenated alkanes) is 23. The predicted molar refractivity (Wildman–Crippen MR) is 263 cm³/mol. The molecule has 0 radical (unpaired) electrons. The highest BCUT2D eigenvalue weighted by molar-refractivity contribution is 7.47. The van der Waals surface area contributed by atoms with Gasteiger partial charge in [-0.25, -0.2) is 4.57 Å². The number of ether oxygens (including phenoxy) is 2. The fourth-order valence-electron chi connectivity index (χ4n) is 6.86.